The number of rotatable bonds is 3. The number of ether oxygens (including phenoxy) is 1. The van der Waals surface area contributed by atoms with Gasteiger partial charge in [-0.25, -0.2) is 10.8 Å². The highest BCUT2D eigenvalue weighted by Crippen LogP contribution is 2.37. The summed E-state index contributed by atoms with van der Waals surface area (Å²) >= 11 is 1.51. The average Bonchev–Trinajstić information content (AvgIpc) is 2.94. The number of fused-ring (bicyclic) bond motifs is 3. The zero-order chi connectivity index (χ0) is 17.6. The highest BCUT2D eigenvalue weighted by Gasteiger charge is 2.31. The number of hydrogen-bond donors (Lipinski definition) is 2. The van der Waals surface area contributed by atoms with Crippen LogP contribution in [0.3, 0.4) is 0 Å². The topological polar surface area (TPSA) is 82.2 Å². The lowest BCUT2D eigenvalue weighted by Crippen LogP contribution is -2.32. The molecule has 1 aliphatic heterocycles. The lowest BCUT2D eigenvalue weighted by Gasteiger charge is -2.29. The molecule has 3 N–H and O–H groups in total. The number of thiophene rings is 1. The van der Waals surface area contributed by atoms with Crippen LogP contribution in [0.25, 0.3) is 10.2 Å². The molecule has 130 valence electrons. The Balaban J connectivity index is 1.91. The van der Waals surface area contributed by atoms with E-state index in [-0.39, 0.29) is 11.2 Å². The molecule has 3 heterocycles. The number of benzene rings is 1. The third-order valence-electron chi connectivity index (χ3n) is 4.50. The molecule has 0 unspecified atom stereocenters. The van der Waals surface area contributed by atoms with Crippen LogP contribution in [-0.2, 0) is 24.3 Å². The first-order chi connectivity index (χ1) is 12.0. The smallest absolute Gasteiger partial charge is 0.264 e. The van der Waals surface area contributed by atoms with E-state index in [4.69, 9.17) is 10.6 Å². The van der Waals surface area contributed by atoms with E-state index >= 15 is 0 Å². The van der Waals surface area contributed by atoms with E-state index in [2.05, 4.69) is 10.4 Å². The Hall–Kier alpha value is -2.22. The summed E-state index contributed by atoms with van der Waals surface area (Å²) in [7, 11) is 0. The summed E-state index contributed by atoms with van der Waals surface area (Å²) in [5.41, 5.74) is 4.33. The van der Waals surface area contributed by atoms with E-state index < -0.39 is 0 Å². The van der Waals surface area contributed by atoms with Gasteiger partial charge in [-0.1, -0.05) is 30.3 Å². The van der Waals surface area contributed by atoms with Gasteiger partial charge < -0.3 is 4.74 Å². The molecule has 25 heavy (non-hydrogen) atoms. The fourth-order valence-corrected chi connectivity index (χ4v) is 4.34. The van der Waals surface area contributed by atoms with Crippen LogP contribution in [0.2, 0.25) is 0 Å². The first-order valence-corrected chi connectivity index (χ1v) is 9.00. The Labute approximate surface area is 149 Å². The monoisotopic (exact) mass is 356 g/mol. The van der Waals surface area contributed by atoms with E-state index in [0.717, 1.165) is 16.0 Å². The number of nitrogens with zero attached hydrogens (tertiary/aromatic N) is 2. The SMILES string of the molecule is CC1(C)Cc2c(sc3nc(NN)n(Cc4ccccc4)c(=O)c23)CO1. The second kappa shape index (κ2) is 5.94. The molecule has 0 atom stereocenters. The second-order valence-corrected chi connectivity index (χ2v) is 7.95. The Kier molecular flexibility index (Phi) is 3.87. The van der Waals surface area contributed by atoms with E-state index in [1.54, 1.807) is 4.57 Å². The van der Waals surface area contributed by atoms with Crippen LogP contribution in [0.15, 0.2) is 35.1 Å². The van der Waals surface area contributed by atoms with E-state index in [1.807, 2.05) is 44.2 Å². The third kappa shape index (κ3) is 2.84. The molecule has 0 fully saturated rings. The van der Waals surface area contributed by atoms with E-state index in [0.29, 0.717) is 35.7 Å². The zero-order valence-corrected chi connectivity index (χ0v) is 15.0. The van der Waals surface area contributed by atoms with Crippen molar-refractivity contribution in [2.45, 2.75) is 39.0 Å². The number of anilines is 1. The highest BCUT2D eigenvalue weighted by molar-refractivity contribution is 7.18. The van der Waals surface area contributed by atoms with Crippen molar-refractivity contribution in [1.29, 1.82) is 0 Å². The summed E-state index contributed by atoms with van der Waals surface area (Å²) in [5.74, 6) is 6.01. The van der Waals surface area contributed by atoms with Crippen molar-refractivity contribution in [3.05, 3.63) is 56.7 Å². The molecule has 1 aliphatic rings. The average molecular weight is 356 g/mol. The van der Waals surface area contributed by atoms with Gasteiger partial charge in [-0.05, 0) is 25.0 Å². The minimum atomic E-state index is -0.275. The number of nitrogen functional groups attached to an aromatic ring is 1. The molecule has 0 radical (unpaired) electrons. The van der Waals surface area contributed by atoms with Crippen molar-refractivity contribution in [3.63, 3.8) is 0 Å². The van der Waals surface area contributed by atoms with Gasteiger partial charge in [0.2, 0.25) is 5.95 Å². The molecule has 0 saturated heterocycles. The Morgan fingerprint density at radius 1 is 1.36 bits per heavy atom. The molecule has 0 saturated carbocycles. The maximum atomic E-state index is 13.2. The van der Waals surface area contributed by atoms with Gasteiger partial charge in [0.05, 0.1) is 24.1 Å². The van der Waals surface area contributed by atoms with Crippen molar-refractivity contribution in [2.75, 3.05) is 5.43 Å². The van der Waals surface area contributed by atoms with Crippen LogP contribution in [0.5, 0.6) is 0 Å². The molecular formula is C18H20N4O2S. The van der Waals surface area contributed by atoms with Crippen molar-refractivity contribution in [3.8, 4) is 0 Å². The quantitative estimate of drug-likeness (QED) is 0.557. The van der Waals surface area contributed by atoms with Gasteiger partial charge in [-0.15, -0.1) is 11.3 Å². The van der Waals surface area contributed by atoms with E-state index in [9.17, 15) is 4.79 Å². The Morgan fingerprint density at radius 3 is 2.84 bits per heavy atom. The van der Waals surface area contributed by atoms with Crippen LogP contribution >= 0.6 is 11.3 Å². The maximum Gasteiger partial charge on any atom is 0.264 e. The van der Waals surface area contributed by atoms with Gasteiger partial charge in [0, 0.05) is 11.3 Å². The van der Waals surface area contributed by atoms with Crippen molar-refractivity contribution >= 4 is 27.5 Å². The molecule has 7 heteroatoms. The van der Waals surface area contributed by atoms with Crippen LogP contribution < -0.4 is 16.8 Å². The fraction of sp³-hybridized carbons (Fsp3) is 0.333. The number of hydrogen-bond acceptors (Lipinski definition) is 6. The minimum absolute atomic E-state index is 0.0583. The number of nitrogens with two attached hydrogens (primary N) is 1. The molecule has 2 aromatic heterocycles. The lowest BCUT2D eigenvalue weighted by atomic mass is 9.94. The standard InChI is InChI=1S/C18H20N4O2S/c1-18(2)8-12-13(10-24-18)25-15-14(12)16(23)22(17(20-15)21-19)9-11-6-4-3-5-7-11/h3-7H,8-10,19H2,1-2H3,(H,20,21). The van der Waals surface area contributed by atoms with Crippen LogP contribution in [0.1, 0.15) is 29.9 Å². The Bertz CT molecular complexity index is 992. The molecule has 0 aliphatic carbocycles. The van der Waals surface area contributed by atoms with Crippen LogP contribution in [-0.4, -0.2) is 15.2 Å². The summed E-state index contributed by atoms with van der Waals surface area (Å²) < 4.78 is 7.48. The lowest BCUT2D eigenvalue weighted by molar-refractivity contribution is -0.0379. The van der Waals surface area contributed by atoms with E-state index in [1.165, 1.54) is 11.3 Å². The Morgan fingerprint density at radius 2 is 2.12 bits per heavy atom. The van der Waals surface area contributed by atoms with Crippen LogP contribution in [0, 0.1) is 0 Å². The predicted molar refractivity (Wildman–Crippen MR) is 99.8 cm³/mol. The summed E-state index contributed by atoms with van der Waals surface area (Å²) in [6.45, 7) is 5.04. The first-order valence-electron chi connectivity index (χ1n) is 8.18. The van der Waals surface area contributed by atoms with Crippen LogP contribution in [0.4, 0.5) is 5.95 Å². The predicted octanol–water partition coefficient (Wildman–Crippen LogP) is 2.64. The second-order valence-electron chi connectivity index (χ2n) is 6.87. The molecule has 0 bridgehead atoms. The summed E-state index contributed by atoms with van der Waals surface area (Å²) in [6.07, 6.45) is 0.708. The van der Waals surface area contributed by atoms with Gasteiger partial charge in [0.1, 0.15) is 4.83 Å². The summed E-state index contributed by atoms with van der Waals surface area (Å²) in [6, 6.07) is 9.82. The van der Waals surface area contributed by atoms with Crippen molar-refractivity contribution < 1.29 is 4.74 Å². The van der Waals surface area contributed by atoms with Crippen molar-refractivity contribution in [2.24, 2.45) is 5.84 Å². The van der Waals surface area contributed by atoms with Crippen molar-refractivity contribution in [1.82, 2.24) is 9.55 Å². The molecule has 1 aromatic carbocycles. The minimum Gasteiger partial charge on any atom is -0.370 e. The largest absolute Gasteiger partial charge is 0.370 e. The number of aromatic nitrogens is 2. The molecular weight excluding hydrogens is 336 g/mol. The van der Waals surface area contributed by atoms with Gasteiger partial charge in [-0.2, -0.15) is 0 Å². The van der Waals surface area contributed by atoms with Gasteiger partial charge >= 0.3 is 0 Å². The van der Waals surface area contributed by atoms with Gasteiger partial charge in [0.15, 0.2) is 0 Å². The normalized spacial score (nSPS) is 16.0. The molecule has 0 amide bonds. The maximum absolute atomic E-state index is 13.2. The summed E-state index contributed by atoms with van der Waals surface area (Å²) in [4.78, 5) is 19.6. The summed E-state index contributed by atoms with van der Waals surface area (Å²) in [5, 5.41) is 0.700. The molecule has 4 rings (SSSR count). The number of hydrazine groups is 1. The third-order valence-corrected chi connectivity index (χ3v) is 5.60. The molecule has 3 aromatic rings. The first kappa shape index (κ1) is 16.3. The number of nitrogens with one attached hydrogen (secondary N) is 1. The van der Waals surface area contributed by atoms with Gasteiger partial charge in [-0.3, -0.25) is 14.8 Å². The highest BCUT2D eigenvalue weighted by atomic mass is 32.1. The molecule has 6 nitrogen and oxygen atoms in total. The molecule has 0 spiro atoms. The zero-order valence-electron chi connectivity index (χ0n) is 14.2. The van der Waals surface area contributed by atoms with Gasteiger partial charge in [0.25, 0.3) is 5.56 Å². The fourth-order valence-electron chi connectivity index (χ4n) is 3.25.